The molecule has 1 aromatic heterocycles. The summed E-state index contributed by atoms with van der Waals surface area (Å²) in [5, 5.41) is 0. The van der Waals surface area contributed by atoms with Gasteiger partial charge in [-0.05, 0) is 12.1 Å². The molecule has 2 rings (SSSR count). The van der Waals surface area contributed by atoms with E-state index in [-0.39, 0.29) is 28.5 Å². The number of alkyl halides is 2. The summed E-state index contributed by atoms with van der Waals surface area (Å²) in [7, 11) is 1.18. The van der Waals surface area contributed by atoms with E-state index in [2.05, 4.69) is 19.4 Å². The Morgan fingerprint density at radius 1 is 1.33 bits per heavy atom. The number of hydrogen-bond donors (Lipinski definition) is 1. The lowest BCUT2D eigenvalue weighted by atomic mass is 10.1. The highest BCUT2D eigenvalue weighted by molar-refractivity contribution is 5.96. The molecule has 0 saturated carbocycles. The number of nitrogen functional groups attached to an aromatic ring is 1. The molecular formula is C13H11F2N3O3. The maximum atomic E-state index is 12.4. The van der Waals surface area contributed by atoms with Crippen LogP contribution in [0.1, 0.15) is 10.4 Å². The Morgan fingerprint density at radius 2 is 2.05 bits per heavy atom. The molecule has 0 spiro atoms. The van der Waals surface area contributed by atoms with Gasteiger partial charge in [-0.3, -0.25) is 0 Å². The number of aromatic nitrogens is 2. The van der Waals surface area contributed by atoms with E-state index in [0.717, 1.165) is 0 Å². The number of esters is 1. The van der Waals surface area contributed by atoms with E-state index in [1.54, 1.807) is 6.07 Å². The fourth-order valence-corrected chi connectivity index (χ4v) is 1.72. The standard InChI is InChI=1S/C13H11F2N3O3/c1-20-11(19)8-6-17-13(16)18-10(8)7-4-2-3-5-9(7)21-12(14)15/h2-6,12H,1H3,(H2,16,17,18). The van der Waals surface area contributed by atoms with Crippen LogP contribution in [0.15, 0.2) is 30.5 Å². The number of rotatable bonds is 4. The van der Waals surface area contributed by atoms with Gasteiger partial charge in [0.1, 0.15) is 11.3 Å². The van der Waals surface area contributed by atoms with E-state index in [1.165, 1.54) is 31.5 Å². The second-order valence-corrected chi connectivity index (χ2v) is 3.86. The number of methoxy groups -OCH3 is 1. The molecule has 0 bridgehead atoms. The fraction of sp³-hybridized carbons (Fsp3) is 0.154. The molecule has 0 saturated heterocycles. The molecule has 110 valence electrons. The minimum absolute atomic E-state index is 0.00276. The van der Waals surface area contributed by atoms with Crippen LogP contribution in [0.3, 0.4) is 0 Å². The van der Waals surface area contributed by atoms with Crippen molar-refractivity contribution in [3.05, 3.63) is 36.0 Å². The molecule has 0 fully saturated rings. The Kier molecular flexibility index (Phi) is 4.27. The van der Waals surface area contributed by atoms with Crippen molar-refractivity contribution in [2.45, 2.75) is 6.61 Å². The number of hydrogen-bond acceptors (Lipinski definition) is 6. The van der Waals surface area contributed by atoms with Crippen molar-refractivity contribution in [2.75, 3.05) is 12.8 Å². The molecule has 21 heavy (non-hydrogen) atoms. The Balaban J connectivity index is 2.61. The van der Waals surface area contributed by atoms with E-state index in [1.807, 2.05) is 0 Å². The molecule has 2 aromatic rings. The zero-order valence-corrected chi connectivity index (χ0v) is 10.9. The molecule has 0 radical (unpaired) electrons. The second kappa shape index (κ2) is 6.12. The van der Waals surface area contributed by atoms with Gasteiger partial charge in [-0.25, -0.2) is 14.8 Å². The Labute approximate surface area is 118 Å². The first-order valence-corrected chi connectivity index (χ1v) is 5.78. The van der Waals surface area contributed by atoms with Crippen molar-refractivity contribution in [1.82, 2.24) is 9.97 Å². The van der Waals surface area contributed by atoms with E-state index in [0.29, 0.717) is 0 Å². The van der Waals surface area contributed by atoms with E-state index < -0.39 is 12.6 Å². The highest BCUT2D eigenvalue weighted by Gasteiger charge is 2.20. The van der Waals surface area contributed by atoms with Crippen molar-refractivity contribution in [1.29, 1.82) is 0 Å². The molecular weight excluding hydrogens is 284 g/mol. The van der Waals surface area contributed by atoms with Crippen LogP contribution in [0.2, 0.25) is 0 Å². The van der Waals surface area contributed by atoms with Crippen molar-refractivity contribution < 1.29 is 23.0 Å². The van der Waals surface area contributed by atoms with E-state index >= 15 is 0 Å². The fourth-order valence-electron chi connectivity index (χ4n) is 1.72. The molecule has 8 heteroatoms. The first kappa shape index (κ1) is 14.6. The van der Waals surface area contributed by atoms with Gasteiger partial charge in [0.2, 0.25) is 5.95 Å². The lowest BCUT2D eigenvalue weighted by Gasteiger charge is -2.12. The topological polar surface area (TPSA) is 87.3 Å². The summed E-state index contributed by atoms with van der Waals surface area (Å²) in [5.74, 6) is -0.947. The number of ether oxygens (including phenoxy) is 2. The molecule has 0 atom stereocenters. The average Bonchev–Trinajstić information content (AvgIpc) is 2.46. The third-order valence-corrected chi connectivity index (χ3v) is 2.57. The minimum atomic E-state index is -3.01. The smallest absolute Gasteiger partial charge is 0.387 e. The number of anilines is 1. The maximum absolute atomic E-state index is 12.4. The highest BCUT2D eigenvalue weighted by Crippen LogP contribution is 2.32. The second-order valence-electron chi connectivity index (χ2n) is 3.86. The van der Waals surface area contributed by atoms with Crippen LogP contribution >= 0.6 is 0 Å². The van der Waals surface area contributed by atoms with Crippen molar-refractivity contribution in [3.8, 4) is 17.0 Å². The van der Waals surface area contributed by atoms with E-state index in [9.17, 15) is 13.6 Å². The van der Waals surface area contributed by atoms with Gasteiger partial charge >= 0.3 is 12.6 Å². The normalized spacial score (nSPS) is 10.5. The Bertz CT molecular complexity index is 665. The summed E-state index contributed by atoms with van der Waals surface area (Å²) in [6.45, 7) is -3.01. The van der Waals surface area contributed by atoms with Crippen LogP contribution in [0.4, 0.5) is 14.7 Å². The molecule has 1 heterocycles. The average molecular weight is 295 g/mol. The number of carbonyl (C=O) groups excluding carboxylic acids is 1. The molecule has 0 aliphatic rings. The molecule has 0 aliphatic heterocycles. The zero-order chi connectivity index (χ0) is 15.4. The molecule has 0 aliphatic carbocycles. The van der Waals surface area contributed by atoms with Gasteiger partial charge in [0.25, 0.3) is 0 Å². The number of halogens is 2. The van der Waals surface area contributed by atoms with Crippen LogP contribution in [-0.2, 0) is 4.74 Å². The summed E-state index contributed by atoms with van der Waals surface area (Å²) in [6.07, 6.45) is 1.17. The van der Waals surface area contributed by atoms with Gasteiger partial charge < -0.3 is 15.2 Å². The SMILES string of the molecule is COC(=O)c1cnc(N)nc1-c1ccccc1OC(F)F. The third-order valence-electron chi connectivity index (χ3n) is 2.57. The van der Waals surface area contributed by atoms with Crippen LogP contribution in [-0.4, -0.2) is 29.7 Å². The largest absolute Gasteiger partial charge is 0.465 e. The van der Waals surface area contributed by atoms with Crippen LogP contribution in [0.5, 0.6) is 5.75 Å². The molecule has 0 amide bonds. The third kappa shape index (κ3) is 3.22. The van der Waals surface area contributed by atoms with Gasteiger partial charge in [0.15, 0.2) is 0 Å². The van der Waals surface area contributed by atoms with Gasteiger partial charge in [-0.1, -0.05) is 12.1 Å². The van der Waals surface area contributed by atoms with Crippen LogP contribution in [0, 0.1) is 0 Å². The van der Waals surface area contributed by atoms with Crippen LogP contribution < -0.4 is 10.5 Å². The summed E-state index contributed by atoms with van der Waals surface area (Å²) in [6, 6.07) is 5.92. The Hall–Kier alpha value is -2.77. The first-order chi connectivity index (χ1) is 10.0. The van der Waals surface area contributed by atoms with Crippen LogP contribution in [0.25, 0.3) is 11.3 Å². The number of benzene rings is 1. The lowest BCUT2D eigenvalue weighted by molar-refractivity contribution is -0.0494. The number of nitrogens with zero attached hydrogens (tertiary/aromatic N) is 2. The number of carbonyl (C=O) groups is 1. The lowest BCUT2D eigenvalue weighted by Crippen LogP contribution is -2.10. The van der Waals surface area contributed by atoms with Crippen molar-refractivity contribution in [2.24, 2.45) is 0 Å². The predicted octanol–water partition coefficient (Wildman–Crippen LogP) is 2.11. The zero-order valence-electron chi connectivity index (χ0n) is 10.9. The summed E-state index contributed by atoms with van der Waals surface area (Å²) in [5.41, 5.74) is 5.74. The predicted molar refractivity (Wildman–Crippen MR) is 69.9 cm³/mol. The molecule has 0 unspecified atom stereocenters. The summed E-state index contributed by atoms with van der Waals surface area (Å²) in [4.78, 5) is 19.3. The molecule has 1 aromatic carbocycles. The maximum Gasteiger partial charge on any atom is 0.387 e. The number of nitrogens with two attached hydrogens (primary N) is 1. The van der Waals surface area contributed by atoms with Crippen molar-refractivity contribution in [3.63, 3.8) is 0 Å². The van der Waals surface area contributed by atoms with Gasteiger partial charge in [0, 0.05) is 11.8 Å². The highest BCUT2D eigenvalue weighted by atomic mass is 19.3. The summed E-state index contributed by atoms with van der Waals surface area (Å²) < 4.78 is 33.9. The first-order valence-electron chi connectivity index (χ1n) is 5.78. The van der Waals surface area contributed by atoms with E-state index in [4.69, 9.17) is 5.73 Å². The summed E-state index contributed by atoms with van der Waals surface area (Å²) >= 11 is 0. The van der Waals surface area contributed by atoms with Crippen molar-refractivity contribution >= 4 is 11.9 Å². The van der Waals surface area contributed by atoms with Gasteiger partial charge in [-0.15, -0.1) is 0 Å². The molecule has 2 N–H and O–H groups in total. The van der Waals surface area contributed by atoms with Gasteiger partial charge in [0.05, 0.1) is 12.8 Å². The monoisotopic (exact) mass is 295 g/mol. The quantitative estimate of drug-likeness (QED) is 0.869. The Morgan fingerprint density at radius 3 is 2.71 bits per heavy atom. The molecule has 6 nitrogen and oxygen atoms in total. The van der Waals surface area contributed by atoms with Gasteiger partial charge in [-0.2, -0.15) is 8.78 Å². The minimum Gasteiger partial charge on any atom is -0.465 e. The number of para-hydroxylation sites is 1.